The third-order valence-corrected chi connectivity index (χ3v) is 4.64. The minimum absolute atomic E-state index is 0.193. The summed E-state index contributed by atoms with van der Waals surface area (Å²) in [5.74, 6) is 1.15. The maximum absolute atomic E-state index is 12.3. The molecule has 0 fully saturated rings. The number of nitrogens with zero attached hydrogens (tertiary/aromatic N) is 1. The summed E-state index contributed by atoms with van der Waals surface area (Å²) in [6.07, 6.45) is 0.421. The average Bonchev–Trinajstić information content (AvgIpc) is 3.18. The van der Waals surface area contributed by atoms with Gasteiger partial charge in [-0.05, 0) is 30.2 Å². The average molecular weight is 389 g/mol. The highest BCUT2D eigenvalue weighted by atomic mass is 35.5. The lowest BCUT2D eigenvalue weighted by atomic mass is 10.0. The van der Waals surface area contributed by atoms with Gasteiger partial charge in [-0.25, -0.2) is 0 Å². The van der Waals surface area contributed by atoms with Gasteiger partial charge in [0, 0.05) is 23.6 Å². The van der Waals surface area contributed by atoms with Gasteiger partial charge in [0.1, 0.15) is 0 Å². The Kier molecular flexibility index (Phi) is 6.19. The molecule has 0 bridgehead atoms. The molecule has 0 aromatic heterocycles. The Bertz CT molecular complexity index is 854. The second-order valence-electron chi connectivity index (χ2n) is 6.05. The topological polar surface area (TPSA) is 69.2 Å². The van der Waals surface area contributed by atoms with Crippen LogP contribution in [-0.2, 0) is 16.1 Å². The Labute approximate surface area is 163 Å². The highest BCUT2D eigenvalue weighted by molar-refractivity contribution is 6.34. The molecule has 1 heterocycles. The first-order valence-corrected chi connectivity index (χ1v) is 8.96. The smallest absolute Gasteiger partial charge is 0.264 e. The van der Waals surface area contributed by atoms with Crippen molar-refractivity contribution in [3.8, 4) is 11.5 Å². The highest BCUT2D eigenvalue weighted by Gasteiger charge is 2.29. The van der Waals surface area contributed by atoms with Crippen LogP contribution in [0.3, 0.4) is 0 Å². The Balaban J connectivity index is 1.50. The van der Waals surface area contributed by atoms with Crippen molar-refractivity contribution < 1.29 is 19.1 Å². The van der Waals surface area contributed by atoms with Gasteiger partial charge in [-0.2, -0.15) is 0 Å². The minimum atomic E-state index is -0.637. The van der Waals surface area contributed by atoms with Crippen LogP contribution in [0, 0.1) is 0 Å². The summed E-state index contributed by atoms with van der Waals surface area (Å²) in [5.41, 5.74) is 2.51. The fourth-order valence-corrected chi connectivity index (χ4v) is 3.10. The first-order chi connectivity index (χ1) is 13.1. The zero-order valence-electron chi connectivity index (χ0n) is 15.2. The fraction of sp³-hybridized carbons (Fsp3) is 0.300. The number of carbonyl (C=O) groups is 1. The van der Waals surface area contributed by atoms with Crippen LogP contribution in [0.1, 0.15) is 17.5 Å². The number of oxime groups is 1. The van der Waals surface area contributed by atoms with E-state index in [4.69, 9.17) is 25.9 Å². The van der Waals surface area contributed by atoms with Crippen LogP contribution in [0.25, 0.3) is 0 Å². The van der Waals surface area contributed by atoms with Crippen molar-refractivity contribution in [2.24, 2.45) is 5.16 Å². The van der Waals surface area contributed by atoms with Crippen molar-refractivity contribution in [3.05, 3.63) is 58.6 Å². The molecule has 0 saturated carbocycles. The Morgan fingerprint density at radius 2 is 2.00 bits per heavy atom. The molecule has 3 rings (SSSR count). The van der Waals surface area contributed by atoms with Crippen molar-refractivity contribution >= 4 is 23.2 Å². The molecule has 0 unspecified atom stereocenters. The molecule has 1 aliphatic heterocycles. The van der Waals surface area contributed by atoms with Crippen LogP contribution >= 0.6 is 11.6 Å². The number of ether oxygens (including phenoxy) is 2. The van der Waals surface area contributed by atoms with Crippen LogP contribution < -0.4 is 14.8 Å². The lowest BCUT2D eigenvalue weighted by Gasteiger charge is -2.11. The summed E-state index contributed by atoms with van der Waals surface area (Å²) in [7, 11) is 3.19. The molecule has 0 spiro atoms. The predicted molar refractivity (Wildman–Crippen MR) is 104 cm³/mol. The van der Waals surface area contributed by atoms with E-state index in [2.05, 4.69) is 10.5 Å². The molecular formula is C20H21ClN2O4. The fourth-order valence-electron chi connectivity index (χ4n) is 2.85. The Hall–Kier alpha value is -2.73. The monoisotopic (exact) mass is 388 g/mol. The molecule has 6 nitrogen and oxygen atoms in total. The summed E-state index contributed by atoms with van der Waals surface area (Å²) in [6, 6.07) is 13.1. The zero-order chi connectivity index (χ0) is 19.2. The minimum Gasteiger partial charge on any atom is -0.493 e. The van der Waals surface area contributed by atoms with E-state index in [0.717, 1.165) is 11.1 Å². The van der Waals surface area contributed by atoms with E-state index in [1.807, 2.05) is 36.4 Å². The Morgan fingerprint density at radius 3 is 2.74 bits per heavy atom. The number of methoxy groups -OCH3 is 2. The van der Waals surface area contributed by atoms with Gasteiger partial charge in [-0.15, -0.1) is 0 Å². The molecule has 1 N–H and O–H groups in total. The molecule has 7 heteroatoms. The summed E-state index contributed by atoms with van der Waals surface area (Å²) in [4.78, 5) is 17.6. The number of benzene rings is 2. The van der Waals surface area contributed by atoms with E-state index in [-0.39, 0.29) is 5.91 Å². The summed E-state index contributed by atoms with van der Waals surface area (Å²) < 4.78 is 10.5. The van der Waals surface area contributed by atoms with Gasteiger partial charge in [0.2, 0.25) is 6.10 Å². The molecule has 2 aromatic carbocycles. The van der Waals surface area contributed by atoms with Crippen LogP contribution in [0.5, 0.6) is 11.5 Å². The molecule has 1 atom stereocenters. The van der Waals surface area contributed by atoms with E-state index >= 15 is 0 Å². The van der Waals surface area contributed by atoms with Crippen LogP contribution in [0.2, 0.25) is 5.02 Å². The second kappa shape index (κ2) is 8.77. The first-order valence-electron chi connectivity index (χ1n) is 8.58. The largest absolute Gasteiger partial charge is 0.493 e. The van der Waals surface area contributed by atoms with Crippen LogP contribution in [0.4, 0.5) is 0 Å². The molecule has 0 aliphatic carbocycles. The van der Waals surface area contributed by atoms with Crippen LogP contribution in [-0.4, -0.2) is 38.5 Å². The quantitative estimate of drug-likeness (QED) is 0.790. The third-order valence-electron chi connectivity index (χ3n) is 4.31. The molecule has 1 aliphatic rings. The van der Waals surface area contributed by atoms with Gasteiger partial charge in [0.25, 0.3) is 5.91 Å². The lowest BCUT2D eigenvalue weighted by Crippen LogP contribution is -2.36. The van der Waals surface area contributed by atoms with Crippen LogP contribution in [0.15, 0.2) is 47.6 Å². The number of rotatable bonds is 7. The molecule has 142 valence electrons. The molecule has 0 radical (unpaired) electrons. The number of hydrogen-bond donors (Lipinski definition) is 1. The lowest BCUT2D eigenvalue weighted by molar-refractivity contribution is -0.131. The van der Waals surface area contributed by atoms with Gasteiger partial charge >= 0.3 is 0 Å². The van der Waals surface area contributed by atoms with Gasteiger partial charge < -0.3 is 19.6 Å². The third kappa shape index (κ3) is 4.52. The number of hydrogen-bond acceptors (Lipinski definition) is 5. The predicted octanol–water partition coefficient (Wildman–Crippen LogP) is 3.21. The van der Waals surface area contributed by atoms with Gasteiger partial charge in [-0.3, -0.25) is 4.79 Å². The maximum Gasteiger partial charge on any atom is 0.264 e. The first kappa shape index (κ1) is 19.0. The molecule has 0 saturated heterocycles. The molecule has 27 heavy (non-hydrogen) atoms. The van der Waals surface area contributed by atoms with Crippen molar-refractivity contribution in [2.75, 3.05) is 20.8 Å². The molecular weight excluding hydrogens is 368 g/mol. The summed E-state index contributed by atoms with van der Waals surface area (Å²) in [6.45, 7) is 0.482. The van der Waals surface area contributed by atoms with E-state index < -0.39 is 6.10 Å². The van der Waals surface area contributed by atoms with E-state index in [1.54, 1.807) is 20.3 Å². The Morgan fingerprint density at radius 1 is 1.22 bits per heavy atom. The van der Waals surface area contributed by atoms with Gasteiger partial charge in [0.05, 0.1) is 19.9 Å². The molecule has 1 amide bonds. The standard InChI is InChI=1S/C20H21ClN2O4/c1-25-17-8-7-13(11-18(17)26-2)9-10-22-20(24)19-12-16(23-27-19)14-5-3-4-6-15(14)21/h3-8,11,19H,9-10,12H2,1-2H3,(H,22,24)/t19-/m0/s1. The van der Waals surface area contributed by atoms with Crippen molar-refractivity contribution in [1.82, 2.24) is 5.32 Å². The number of nitrogens with one attached hydrogen (secondary N) is 1. The second-order valence-corrected chi connectivity index (χ2v) is 6.45. The number of amides is 1. The number of carbonyl (C=O) groups excluding carboxylic acids is 1. The van der Waals surface area contributed by atoms with Crippen molar-refractivity contribution in [2.45, 2.75) is 18.9 Å². The summed E-state index contributed by atoms with van der Waals surface area (Å²) in [5, 5.41) is 7.49. The summed E-state index contributed by atoms with van der Waals surface area (Å²) >= 11 is 6.17. The van der Waals surface area contributed by atoms with Gasteiger partial charge in [-0.1, -0.05) is 41.0 Å². The zero-order valence-corrected chi connectivity index (χ0v) is 16.0. The normalized spacial score (nSPS) is 15.7. The highest BCUT2D eigenvalue weighted by Crippen LogP contribution is 2.27. The van der Waals surface area contributed by atoms with Crippen molar-refractivity contribution in [3.63, 3.8) is 0 Å². The number of halogens is 1. The van der Waals surface area contributed by atoms with E-state index in [0.29, 0.717) is 41.6 Å². The molecule has 2 aromatic rings. The van der Waals surface area contributed by atoms with Gasteiger partial charge in [0.15, 0.2) is 11.5 Å². The SMILES string of the molecule is COc1ccc(CCNC(=O)[C@@H]2CC(c3ccccc3Cl)=NO2)cc1OC. The van der Waals surface area contributed by atoms with Crippen molar-refractivity contribution in [1.29, 1.82) is 0 Å². The van der Waals surface area contributed by atoms with E-state index in [1.165, 1.54) is 0 Å². The maximum atomic E-state index is 12.3. The van der Waals surface area contributed by atoms with E-state index in [9.17, 15) is 4.79 Å².